The van der Waals surface area contributed by atoms with Gasteiger partial charge in [-0.05, 0) is 50.1 Å². The molecule has 1 aromatic heterocycles. The average molecular weight is 366 g/mol. The van der Waals surface area contributed by atoms with E-state index in [0.717, 1.165) is 41.2 Å². The van der Waals surface area contributed by atoms with Crippen molar-refractivity contribution >= 4 is 33.1 Å². The molecule has 1 N–H and O–H groups in total. The Bertz CT molecular complexity index is 887. The lowest BCUT2D eigenvalue weighted by molar-refractivity contribution is -0.118. The van der Waals surface area contributed by atoms with Crippen molar-refractivity contribution in [3.05, 3.63) is 59.1 Å². The zero-order valence-electron chi connectivity index (χ0n) is 14.9. The molecule has 1 aliphatic rings. The van der Waals surface area contributed by atoms with Crippen molar-refractivity contribution in [1.29, 1.82) is 0 Å². The van der Waals surface area contributed by atoms with Gasteiger partial charge >= 0.3 is 0 Å². The lowest BCUT2D eigenvalue weighted by Gasteiger charge is -2.33. The van der Waals surface area contributed by atoms with Gasteiger partial charge in [-0.15, -0.1) is 11.3 Å². The number of likely N-dealkylation sites (tertiary alicyclic amines) is 1. The van der Waals surface area contributed by atoms with Crippen LogP contribution in [0.3, 0.4) is 0 Å². The van der Waals surface area contributed by atoms with Crippen molar-refractivity contribution in [2.45, 2.75) is 32.2 Å². The van der Waals surface area contributed by atoms with E-state index in [1.165, 1.54) is 11.1 Å². The van der Waals surface area contributed by atoms with Crippen molar-refractivity contribution < 1.29 is 4.79 Å². The topological polar surface area (TPSA) is 45.2 Å². The van der Waals surface area contributed by atoms with Crippen LogP contribution >= 0.6 is 11.3 Å². The van der Waals surface area contributed by atoms with Crippen molar-refractivity contribution in [1.82, 2.24) is 9.88 Å². The molecule has 2 aromatic carbocycles. The Morgan fingerprint density at radius 3 is 2.85 bits per heavy atom. The Kier molecular flexibility index (Phi) is 5.00. The van der Waals surface area contributed by atoms with Crippen LogP contribution in [0.2, 0.25) is 0 Å². The molecular weight excluding hydrogens is 342 g/mol. The minimum Gasteiger partial charge on any atom is -0.325 e. The first kappa shape index (κ1) is 17.2. The summed E-state index contributed by atoms with van der Waals surface area (Å²) in [6.45, 7) is 3.37. The third kappa shape index (κ3) is 3.64. The van der Waals surface area contributed by atoms with Crippen molar-refractivity contribution in [3.8, 4) is 0 Å². The van der Waals surface area contributed by atoms with E-state index in [4.69, 9.17) is 4.98 Å². The molecule has 0 bridgehead atoms. The highest BCUT2D eigenvalue weighted by Gasteiger charge is 2.28. The third-order valence-electron chi connectivity index (χ3n) is 4.98. The Balaban J connectivity index is 1.50. The van der Waals surface area contributed by atoms with Crippen LogP contribution < -0.4 is 5.32 Å². The molecule has 1 saturated heterocycles. The first-order chi connectivity index (χ1) is 12.7. The number of aromatic nitrogens is 1. The summed E-state index contributed by atoms with van der Waals surface area (Å²) in [7, 11) is 0. The Labute approximate surface area is 157 Å². The van der Waals surface area contributed by atoms with E-state index in [0.29, 0.717) is 6.54 Å². The van der Waals surface area contributed by atoms with E-state index in [-0.39, 0.29) is 11.9 Å². The predicted molar refractivity (Wildman–Crippen MR) is 108 cm³/mol. The van der Waals surface area contributed by atoms with Crippen molar-refractivity contribution in [3.63, 3.8) is 0 Å². The summed E-state index contributed by atoms with van der Waals surface area (Å²) >= 11 is 1.76. The minimum atomic E-state index is 0.0484. The van der Waals surface area contributed by atoms with E-state index < -0.39 is 0 Å². The maximum absolute atomic E-state index is 12.6. The molecule has 1 fully saturated rings. The van der Waals surface area contributed by atoms with E-state index in [9.17, 15) is 4.79 Å². The van der Waals surface area contributed by atoms with Gasteiger partial charge < -0.3 is 5.32 Å². The first-order valence-electron chi connectivity index (χ1n) is 9.16. The van der Waals surface area contributed by atoms with Crippen LogP contribution in [-0.2, 0) is 4.79 Å². The number of thiazole rings is 1. The molecule has 134 valence electrons. The fraction of sp³-hybridized carbons (Fsp3) is 0.333. The Morgan fingerprint density at radius 2 is 2.00 bits per heavy atom. The molecule has 0 saturated carbocycles. The Morgan fingerprint density at radius 1 is 1.19 bits per heavy atom. The van der Waals surface area contributed by atoms with Crippen LogP contribution in [0.25, 0.3) is 10.2 Å². The average Bonchev–Trinajstić information content (AvgIpc) is 3.08. The summed E-state index contributed by atoms with van der Waals surface area (Å²) in [5.41, 5.74) is 3.04. The number of rotatable bonds is 4. The second kappa shape index (κ2) is 7.56. The lowest BCUT2D eigenvalue weighted by Crippen LogP contribution is -2.39. The summed E-state index contributed by atoms with van der Waals surface area (Å²) in [5.74, 6) is 0.0484. The van der Waals surface area contributed by atoms with E-state index >= 15 is 0 Å². The smallest absolute Gasteiger partial charge is 0.238 e. The van der Waals surface area contributed by atoms with Gasteiger partial charge in [0.2, 0.25) is 5.91 Å². The minimum absolute atomic E-state index is 0.0484. The van der Waals surface area contributed by atoms with Crippen LogP contribution in [0.5, 0.6) is 0 Å². The van der Waals surface area contributed by atoms with Gasteiger partial charge in [0.15, 0.2) is 0 Å². The molecule has 4 rings (SSSR count). The molecule has 5 heteroatoms. The number of aryl methyl sites for hydroxylation is 1. The third-order valence-corrected chi connectivity index (χ3v) is 6.11. The van der Waals surface area contributed by atoms with Gasteiger partial charge in [0.05, 0.1) is 22.8 Å². The molecule has 1 amide bonds. The molecular formula is C21H23N3OS. The molecule has 2 heterocycles. The number of anilines is 1. The van der Waals surface area contributed by atoms with Gasteiger partial charge in [-0.3, -0.25) is 9.69 Å². The van der Waals surface area contributed by atoms with Gasteiger partial charge in [0, 0.05) is 5.69 Å². The highest BCUT2D eigenvalue weighted by atomic mass is 32.1. The van der Waals surface area contributed by atoms with Crippen LogP contribution in [0.1, 0.15) is 35.9 Å². The molecule has 4 nitrogen and oxygen atoms in total. The monoisotopic (exact) mass is 365 g/mol. The standard InChI is InChI=1S/C21H23N3OS/c1-15-8-2-3-9-16(15)22-20(25)14-24-13-7-6-11-18(24)21-23-17-10-4-5-12-19(17)26-21/h2-5,8-10,12,18H,6-7,11,13-14H2,1H3,(H,22,25)/t18-/m1/s1. The fourth-order valence-corrected chi connectivity index (χ4v) is 4.72. The number of piperidine rings is 1. The SMILES string of the molecule is Cc1ccccc1NC(=O)CN1CCCC[C@@H]1c1nc2ccccc2s1. The summed E-state index contributed by atoms with van der Waals surface area (Å²) in [6, 6.07) is 16.4. The molecule has 1 aliphatic heterocycles. The van der Waals surface area contributed by atoms with Crippen LogP contribution in [0.4, 0.5) is 5.69 Å². The van der Waals surface area contributed by atoms with E-state index in [1.54, 1.807) is 11.3 Å². The number of benzene rings is 2. The molecule has 0 spiro atoms. The normalized spacial score (nSPS) is 18.1. The molecule has 0 unspecified atom stereocenters. The van der Waals surface area contributed by atoms with Gasteiger partial charge in [-0.2, -0.15) is 0 Å². The lowest BCUT2D eigenvalue weighted by atomic mass is 10.0. The zero-order valence-corrected chi connectivity index (χ0v) is 15.8. The number of carbonyl (C=O) groups is 1. The van der Waals surface area contributed by atoms with Gasteiger partial charge in [-0.25, -0.2) is 4.98 Å². The van der Waals surface area contributed by atoms with Crippen LogP contribution in [-0.4, -0.2) is 28.9 Å². The maximum atomic E-state index is 12.6. The summed E-state index contributed by atoms with van der Waals surface area (Å²) in [4.78, 5) is 19.7. The number of hydrogen-bond donors (Lipinski definition) is 1. The highest BCUT2D eigenvalue weighted by Crippen LogP contribution is 2.35. The molecule has 3 aromatic rings. The molecule has 0 aliphatic carbocycles. The Hall–Kier alpha value is -2.24. The number of amides is 1. The van der Waals surface area contributed by atoms with E-state index in [2.05, 4.69) is 28.4 Å². The second-order valence-electron chi connectivity index (χ2n) is 6.86. The van der Waals surface area contributed by atoms with Gasteiger partial charge in [0.1, 0.15) is 5.01 Å². The van der Waals surface area contributed by atoms with Crippen molar-refractivity contribution in [2.75, 3.05) is 18.4 Å². The van der Waals surface area contributed by atoms with Crippen LogP contribution in [0.15, 0.2) is 48.5 Å². The molecule has 0 radical (unpaired) electrons. The van der Waals surface area contributed by atoms with Crippen molar-refractivity contribution in [2.24, 2.45) is 0 Å². The molecule has 1 atom stereocenters. The quantitative estimate of drug-likeness (QED) is 0.724. The number of nitrogens with zero attached hydrogens (tertiary/aromatic N) is 2. The van der Waals surface area contributed by atoms with Crippen LogP contribution in [0, 0.1) is 6.92 Å². The highest BCUT2D eigenvalue weighted by molar-refractivity contribution is 7.18. The largest absolute Gasteiger partial charge is 0.325 e. The number of hydrogen-bond acceptors (Lipinski definition) is 4. The number of nitrogens with one attached hydrogen (secondary N) is 1. The predicted octanol–water partition coefficient (Wildman–Crippen LogP) is 4.77. The fourth-order valence-electron chi connectivity index (χ4n) is 3.58. The zero-order chi connectivity index (χ0) is 17.9. The molecule has 26 heavy (non-hydrogen) atoms. The number of fused-ring (bicyclic) bond motifs is 1. The van der Waals surface area contributed by atoms with Gasteiger partial charge in [-0.1, -0.05) is 36.8 Å². The number of carbonyl (C=O) groups excluding carboxylic acids is 1. The summed E-state index contributed by atoms with van der Waals surface area (Å²) in [6.07, 6.45) is 3.40. The first-order valence-corrected chi connectivity index (χ1v) is 9.97. The second-order valence-corrected chi connectivity index (χ2v) is 7.93. The maximum Gasteiger partial charge on any atom is 0.238 e. The summed E-state index contributed by atoms with van der Waals surface area (Å²) in [5, 5.41) is 4.19. The summed E-state index contributed by atoms with van der Waals surface area (Å²) < 4.78 is 1.22. The van der Waals surface area contributed by atoms with Gasteiger partial charge in [0.25, 0.3) is 0 Å². The van der Waals surface area contributed by atoms with E-state index in [1.807, 2.05) is 37.3 Å². The number of para-hydroxylation sites is 2.